The Hall–Kier alpha value is -0.770. The highest BCUT2D eigenvalue weighted by atomic mass is 79.9. The van der Waals surface area contributed by atoms with Gasteiger partial charge in [-0.1, -0.05) is 65.3 Å². The van der Waals surface area contributed by atoms with Crippen LogP contribution in [0.5, 0.6) is 0 Å². The first kappa shape index (κ1) is 16.3. The van der Waals surface area contributed by atoms with Crippen LogP contribution in [0, 0.1) is 6.92 Å². The van der Waals surface area contributed by atoms with Gasteiger partial charge < -0.3 is 5.11 Å². The van der Waals surface area contributed by atoms with Crippen molar-refractivity contribution < 1.29 is 5.11 Å². The first-order valence-electron chi connectivity index (χ1n) is 6.33. The normalized spacial score (nSPS) is 9.74. The van der Waals surface area contributed by atoms with Gasteiger partial charge in [0.1, 0.15) is 0 Å². The van der Waals surface area contributed by atoms with Gasteiger partial charge in [0.15, 0.2) is 0 Å². The fraction of sp³-hybridized carbons (Fsp3) is 0.250. The summed E-state index contributed by atoms with van der Waals surface area (Å²) in [7, 11) is 0. The Balaban J connectivity index is 0.000000861. The molecule has 102 valence electrons. The Morgan fingerprint density at radius 3 is 2.11 bits per heavy atom. The minimum Gasteiger partial charge on any atom is -0.392 e. The van der Waals surface area contributed by atoms with E-state index >= 15 is 0 Å². The van der Waals surface area contributed by atoms with Crippen LogP contribution in [0.4, 0.5) is 0 Å². The van der Waals surface area contributed by atoms with Crippen LogP contribution >= 0.6 is 27.7 Å². The lowest BCUT2D eigenvalue weighted by Gasteiger charge is -2.05. The summed E-state index contributed by atoms with van der Waals surface area (Å²) in [6.07, 6.45) is 0. The summed E-state index contributed by atoms with van der Waals surface area (Å²) >= 11 is 5.18. The van der Waals surface area contributed by atoms with Gasteiger partial charge in [-0.3, -0.25) is 0 Å². The van der Waals surface area contributed by atoms with Crippen LogP contribution in [0.1, 0.15) is 25.0 Å². The fourth-order valence-electron chi connectivity index (χ4n) is 1.46. The first-order chi connectivity index (χ1) is 9.19. The van der Waals surface area contributed by atoms with E-state index in [1.807, 2.05) is 32.0 Å². The zero-order valence-corrected chi connectivity index (χ0v) is 13.9. The van der Waals surface area contributed by atoms with Crippen LogP contribution < -0.4 is 0 Å². The number of aliphatic hydroxyl groups is 1. The molecule has 3 heteroatoms. The van der Waals surface area contributed by atoms with E-state index in [1.165, 1.54) is 10.5 Å². The molecule has 0 saturated heterocycles. The van der Waals surface area contributed by atoms with Crippen molar-refractivity contribution in [2.45, 2.75) is 37.2 Å². The van der Waals surface area contributed by atoms with Crippen molar-refractivity contribution >= 4 is 27.7 Å². The zero-order valence-electron chi connectivity index (χ0n) is 11.5. The van der Waals surface area contributed by atoms with E-state index in [2.05, 4.69) is 47.1 Å². The Morgan fingerprint density at radius 2 is 1.58 bits per heavy atom. The molecule has 1 N–H and O–H groups in total. The second-order valence-electron chi connectivity index (χ2n) is 3.83. The second-order valence-corrected chi connectivity index (χ2v) is 5.83. The highest BCUT2D eigenvalue weighted by Crippen LogP contribution is 2.31. The van der Waals surface area contributed by atoms with E-state index < -0.39 is 0 Å². The van der Waals surface area contributed by atoms with Gasteiger partial charge in [-0.2, -0.15) is 0 Å². The summed E-state index contributed by atoms with van der Waals surface area (Å²) in [5.41, 5.74) is 2.18. The molecule has 0 radical (unpaired) electrons. The Morgan fingerprint density at radius 1 is 1.00 bits per heavy atom. The molecule has 0 heterocycles. The molecule has 1 nitrogen and oxygen atoms in total. The van der Waals surface area contributed by atoms with Gasteiger partial charge in [-0.05, 0) is 36.8 Å². The maximum atomic E-state index is 9.09. The molecule has 0 amide bonds. The van der Waals surface area contributed by atoms with Crippen molar-refractivity contribution in [1.29, 1.82) is 0 Å². The SMILES string of the molecule is CC.Cc1ccc(Sc2ccc(CO)c(Br)c2)cc1. The minimum atomic E-state index is 0.0655. The van der Waals surface area contributed by atoms with Gasteiger partial charge in [0.2, 0.25) is 0 Å². The average molecular weight is 339 g/mol. The smallest absolute Gasteiger partial charge is 0.0692 e. The number of hydrogen-bond acceptors (Lipinski definition) is 2. The summed E-state index contributed by atoms with van der Waals surface area (Å²) in [4.78, 5) is 2.39. The average Bonchev–Trinajstić information content (AvgIpc) is 2.44. The molecular formula is C16H19BrOS. The number of aliphatic hydroxyl groups excluding tert-OH is 1. The molecule has 0 spiro atoms. The summed E-state index contributed by atoms with van der Waals surface area (Å²) in [5.74, 6) is 0. The maximum Gasteiger partial charge on any atom is 0.0692 e. The van der Waals surface area contributed by atoms with E-state index in [4.69, 9.17) is 5.11 Å². The summed E-state index contributed by atoms with van der Waals surface area (Å²) in [6.45, 7) is 6.15. The van der Waals surface area contributed by atoms with Crippen molar-refractivity contribution in [2.24, 2.45) is 0 Å². The molecule has 2 aromatic rings. The second kappa shape index (κ2) is 8.41. The Bertz CT molecular complexity index is 509. The molecule has 0 saturated carbocycles. The predicted molar refractivity (Wildman–Crippen MR) is 86.7 cm³/mol. The van der Waals surface area contributed by atoms with Crippen molar-refractivity contribution in [3.8, 4) is 0 Å². The number of benzene rings is 2. The molecule has 0 atom stereocenters. The van der Waals surface area contributed by atoms with E-state index in [0.717, 1.165) is 14.9 Å². The molecule has 0 aliphatic carbocycles. The Kier molecular flexibility index (Phi) is 7.21. The molecule has 0 aliphatic heterocycles. The molecule has 2 aromatic carbocycles. The quantitative estimate of drug-likeness (QED) is 0.805. The lowest BCUT2D eigenvalue weighted by atomic mass is 10.2. The third-order valence-corrected chi connectivity index (χ3v) is 4.19. The van der Waals surface area contributed by atoms with Gasteiger partial charge >= 0.3 is 0 Å². The van der Waals surface area contributed by atoms with Crippen LogP contribution in [0.25, 0.3) is 0 Å². The van der Waals surface area contributed by atoms with Gasteiger partial charge in [0, 0.05) is 14.3 Å². The lowest BCUT2D eigenvalue weighted by Crippen LogP contribution is -1.85. The van der Waals surface area contributed by atoms with Gasteiger partial charge in [-0.15, -0.1) is 0 Å². The molecular weight excluding hydrogens is 320 g/mol. The van der Waals surface area contributed by atoms with Crippen LogP contribution in [0.3, 0.4) is 0 Å². The molecule has 0 bridgehead atoms. The maximum absolute atomic E-state index is 9.09. The number of halogens is 1. The van der Waals surface area contributed by atoms with Crippen molar-refractivity contribution in [3.63, 3.8) is 0 Å². The van der Waals surface area contributed by atoms with Gasteiger partial charge in [0.25, 0.3) is 0 Å². The van der Waals surface area contributed by atoms with Crippen LogP contribution in [-0.4, -0.2) is 5.11 Å². The number of aryl methyl sites for hydroxylation is 1. The third kappa shape index (κ3) is 5.01. The standard InChI is InChI=1S/C14H13BrOS.C2H6/c1-10-2-5-12(6-3-10)17-13-7-4-11(9-16)14(15)8-13;1-2/h2-8,16H,9H2,1H3;1-2H3. The van der Waals surface area contributed by atoms with E-state index in [-0.39, 0.29) is 6.61 Å². The first-order valence-corrected chi connectivity index (χ1v) is 7.94. The van der Waals surface area contributed by atoms with Crippen LogP contribution in [0.2, 0.25) is 0 Å². The largest absolute Gasteiger partial charge is 0.392 e. The van der Waals surface area contributed by atoms with E-state index in [9.17, 15) is 0 Å². The molecule has 0 aromatic heterocycles. The predicted octanol–water partition coefficient (Wildman–Crippen LogP) is 5.43. The van der Waals surface area contributed by atoms with Crippen LogP contribution in [0.15, 0.2) is 56.7 Å². The van der Waals surface area contributed by atoms with E-state index in [0.29, 0.717) is 0 Å². The highest BCUT2D eigenvalue weighted by Gasteiger charge is 2.02. The highest BCUT2D eigenvalue weighted by molar-refractivity contribution is 9.10. The molecule has 0 fully saturated rings. The summed E-state index contributed by atoms with van der Waals surface area (Å²) in [5, 5.41) is 9.09. The van der Waals surface area contributed by atoms with Crippen LogP contribution in [-0.2, 0) is 6.61 Å². The fourth-order valence-corrected chi connectivity index (χ4v) is 2.98. The number of hydrogen-bond donors (Lipinski definition) is 1. The number of rotatable bonds is 3. The van der Waals surface area contributed by atoms with E-state index in [1.54, 1.807) is 11.8 Å². The Labute approximate surface area is 128 Å². The van der Waals surface area contributed by atoms with Gasteiger partial charge in [0.05, 0.1) is 6.61 Å². The van der Waals surface area contributed by atoms with Crippen molar-refractivity contribution in [1.82, 2.24) is 0 Å². The summed E-state index contributed by atoms with van der Waals surface area (Å²) < 4.78 is 0.956. The van der Waals surface area contributed by atoms with Gasteiger partial charge in [-0.25, -0.2) is 0 Å². The lowest BCUT2D eigenvalue weighted by molar-refractivity contribution is 0.281. The topological polar surface area (TPSA) is 20.2 Å². The molecule has 0 aliphatic rings. The molecule has 0 unspecified atom stereocenters. The third-order valence-electron chi connectivity index (χ3n) is 2.45. The van der Waals surface area contributed by atoms with Crippen molar-refractivity contribution in [3.05, 3.63) is 58.1 Å². The zero-order chi connectivity index (χ0) is 14.3. The monoisotopic (exact) mass is 338 g/mol. The minimum absolute atomic E-state index is 0.0655. The molecule has 2 rings (SSSR count). The van der Waals surface area contributed by atoms with Crippen molar-refractivity contribution in [2.75, 3.05) is 0 Å². The molecule has 19 heavy (non-hydrogen) atoms. The summed E-state index contributed by atoms with van der Waals surface area (Å²) in [6, 6.07) is 14.5.